The minimum absolute atomic E-state index is 0.0969. The Morgan fingerprint density at radius 1 is 1.00 bits per heavy atom. The van der Waals surface area contributed by atoms with Gasteiger partial charge >= 0.3 is 11.7 Å². The molecule has 2 aromatic heterocycles. The van der Waals surface area contributed by atoms with E-state index in [4.69, 9.17) is 0 Å². The van der Waals surface area contributed by atoms with Gasteiger partial charge in [0.25, 0.3) is 0 Å². The fourth-order valence-electron chi connectivity index (χ4n) is 5.03. The Morgan fingerprint density at radius 3 is 2.57 bits per heavy atom. The maximum Gasteiger partial charge on any atom is 0.329 e. The van der Waals surface area contributed by atoms with Crippen molar-refractivity contribution in [3.63, 3.8) is 0 Å². The van der Waals surface area contributed by atoms with E-state index in [1.54, 1.807) is 20.5 Å². The third-order valence-corrected chi connectivity index (χ3v) is 7.71. The molecule has 0 radical (unpaired) electrons. The molecular formula is C29H28N2O3S. The lowest BCUT2D eigenvalue weighted by Crippen LogP contribution is -2.29. The first kappa shape index (κ1) is 23.1. The highest BCUT2D eigenvalue weighted by molar-refractivity contribution is 7.17. The summed E-state index contributed by atoms with van der Waals surface area (Å²) in [5, 5.41) is 13.0. The molecule has 0 saturated heterocycles. The predicted octanol–water partition coefficient (Wildman–Crippen LogP) is 6.33. The molecule has 0 aliphatic carbocycles. The summed E-state index contributed by atoms with van der Waals surface area (Å²) >= 11 is 1.69. The van der Waals surface area contributed by atoms with Crippen molar-refractivity contribution in [3.05, 3.63) is 105 Å². The number of hydrogen-bond donors (Lipinski definition) is 1. The summed E-state index contributed by atoms with van der Waals surface area (Å²) in [4.78, 5) is 25.8. The van der Waals surface area contributed by atoms with E-state index in [0.29, 0.717) is 19.4 Å². The van der Waals surface area contributed by atoms with Crippen molar-refractivity contribution >= 4 is 38.4 Å². The first-order valence-electron chi connectivity index (χ1n) is 11.8. The van der Waals surface area contributed by atoms with Crippen molar-refractivity contribution in [3.8, 4) is 0 Å². The lowest BCUT2D eigenvalue weighted by molar-refractivity contribution is -0.137. The summed E-state index contributed by atoms with van der Waals surface area (Å²) < 4.78 is 4.74. The van der Waals surface area contributed by atoms with Gasteiger partial charge in [-0.2, -0.15) is 0 Å². The van der Waals surface area contributed by atoms with Crippen LogP contribution in [0, 0.1) is 13.8 Å². The minimum atomic E-state index is -0.900. The number of aliphatic carboxylic acids is 1. The van der Waals surface area contributed by atoms with Crippen molar-refractivity contribution in [1.29, 1.82) is 0 Å². The number of hydrogen-bond acceptors (Lipinski definition) is 3. The molecule has 5 aromatic rings. The summed E-state index contributed by atoms with van der Waals surface area (Å²) in [6, 6.07) is 21.8. The number of imidazole rings is 1. The molecule has 0 bridgehead atoms. The van der Waals surface area contributed by atoms with Crippen molar-refractivity contribution in [1.82, 2.24) is 9.13 Å². The average molecular weight is 485 g/mol. The molecule has 0 aliphatic heterocycles. The molecule has 178 valence electrons. The van der Waals surface area contributed by atoms with E-state index in [2.05, 4.69) is 30.5 Å². The average Bonchev–Trinajstić information content (AvgIpc) is 3.37. The van der Waals surface area contributed by atoms with Crippen LogP contribution in [0.3, 0.4) is 0 Å². The Morgan fingerprint density at radius 2 is 1.80 bits per heavy atom. The van der Waals surface area contributed by atoms with E-state index < -0.39 is 12.0 Å². The summed E-state index contributed by atoms with van der Waals surface area (Å²) in [7, 11) is 0. The van der Waals surface area contributed by atoms with Crippen molar-refractivity contribution in [2.75, 3.05) is 0 Å². The van der Waals surface area contributed by atoms with Gasteiger partial charge in [0.2, 0.25) is 0 Å². The standard InChI is InChI=1S/C29H28N2O3S/c1-19-11-14-24-25(15-19)31(23(16-27(32)33)13-12-21-8-4-3-5-9-21)29(34)30(24)17-22-18-35-26-10-6-7-20(2)28(22)26/h3-11,14-15,18,23H,12-13,16-17H2,1-2H3,(H,32,33)/t23-/m0/s1. The van der Waals surface area contributed by atoms with Crippen LogP contribution in [0.15, 0.2) is 76.9 Å². The van der Waals surface area contributed by atoms with Crippen LogP contribution in [-0.4, -0.2) is 20.2 Å². The smallest absolute Gasteiger partial charge is 0.329 e. The Labute approximate surface area is 207 Å². The van der Waals surface area contributed by atoms with Crippen molar-refractivity contribution in [2.45, 2.75) is 45.7 Å². The van der Waals surface area contributed by atoms with Gasteiger partial charge in [-0.1, -0.05) is 48.5 Å². The number of carboxylic acids is 1. The molecule has 0 amide bonds. The van der Waals surface area contributed by atoms with Gasteiger partial charge in [-0.3, -0.25) is 13.9 Å². The molecule has 35 heavy (non-hydrogen) atoms. The van der Waals surface area contributed by atoms with Gasteiger partial charge in [-0.05, 0) is 72.5 Å². The van der Waals surface area contributed by atoms with E-state index in [1.807, 2.05) is 55.5 Å². The number of aromatic nitrogens is 2. The molecule has 0 fully saturated rings. The van der Waals surface area contributed by atoms with Crippen LogP contribution in [0.5, 0.6) is 0 Å². The Bertz CT molecular complexity index is 1580. The molecule has 0 spiro atoms. The molecule has 2 heterocycles. The fraction of sp³-hybridized carbons (Fsp3) is 0.241. The lowest BCUT2D eigenvalue weighted by atomic mass is 10.0. The van der Waals surface area contributed by atoms with Gasteiger partial charge in [-0.15, -0.1) is 11.3 Å². The first-order chi connectivity index (χ1) is 16.9. The molecule has 5 nitrogen and oxygen atoms in total. The monoisotopic (exact) mass is 484 g/mol. The van der Waals surface area contributed by atoms with Gasteiger partial charge in [-0.25, -0.2) is 4.79 Å². The fourth-order valence-corrected chi connectivity index (χ4v) is 6.06. The van der Waals surface area contributed by atoms with Gasteiger partial charge < -0.3 is 5.11 Å². The Hall–Kier alpha value is -3.64. The van der Waals surface area contributed by atoms with Crippen LogP contribution >= 0.6 is 11.3 Å². The van der Waals surface area contributed by atoms with Crippen LogP contribution in [0.2, 0.25) is 0 Å². The maximum absolute atomic E-state index is 13.9. The third-order valence-electron chi connectivity index (χ3n) is 6.71. The Kier molecular flexibility index (Phi) is 6.31. The molecule has 1 N–H and O–H groups in total. The van der Waals surface area contributed by atoms with Crippen LogP contribution in [0.1, 0.15) is 41.1 Å². The molecule has 0 unspecified atom stereocenters. The number of nitrogens with zero attached hydrogens (tertiary/aromatic N) is 2. The van der Waals surface area contributed by atoms with E-state index in [9.17, 15) is 14.7 Å². The van der Waals surface area contributed by atoms with E-state index >= 15 is 0 Å². The van der Waals surface area contributed by atoms with Crippen molar-refractivity contribution in [2.24, 2.45) is 0 Å². The summed E-state index contributed by atoms with van der Waals surface area (Å²) in [5.41, 5.74) is 5.96. The molecule has 1 atom stereocenters. The van der Waals surface area contributed by atoms with E-state index in [0.717, 1.165) is 27.7 Å². The zero-order chi connectivity index (χ0) is 24.5. The van der Waals surface area contributed by atoms with Crippen LogP contribution < -0.4 is 5.69 Å². The molecule has 5 rings (SSSR count). The molecule has 0 saturated carbocycles. The van der Waals surface area contributed by atoms with Gasteiger partial charge in [0.05, 0.1) is 24.0 Å². The molecule has 6 heteroatoms. The maximum atomic E-state index is 13.9. The number of fused-ring (bicyclic) bond motifs is 2. The van der Waals surface area contributed by atoms with E-state index in [1.165, 1.54) is 15.6 Å². The van der Waals surface area contributed by atoms with Gasteiger partial charge in [0.15, 0.2) is 0 Å². The second-order valence-electron chi connectivity index (χ2n) is 9.22. The summed E-state index contributed by atoms with van der Waals surface area (Å²) in [6.07, 6.45) is 1.18. The highest BCUT2D eigenvalue weighted by Crippen LogP contribution is 2.31. The number of benzene rings is 3. The number of aryl methyl sites for hydroxylation is 3. The second kappa shape index (κ2) is 9.55. The highest BCUT2D eigenvalue weighted by atomic mass is 32.1. The second-order valence-corrected chi connectivity index (χ2v) is 10.1. The number of carboxylic acid groups (broad SMARTS) is 1. The molecule has 3 aromatic carbocycles. The Balaban J connectivity index is 1.61. The first-order valence-corrected chi connectivity index (χ1v) is 12.7. The SMILES string of the molecule is Cc1ccc2c(c1)n([C@@H](CCc1ccccc1)CC(=O)O)c(=O)n2Cc1csc2cccc(C)c12. The zero-order valence-corrected chi connectivity index (χ0v) is 20.7. The summed E-state index contributed by atoms with van der Waals surface area (Å²) in [6.45, 7) is 4.55. The summed E-state index contributed by atoms with van der Waals surface area (Å²) in [5.74, 6) is -0.900. The lowest BCUT2D eigenvalue weighted by Gasteiger charge is -2.17. The van der Waals surface area contributed by atoms with E-state index in [-0.39, 0.29) is 12.1 Å². The molecule has 0 aliphatic rings. The highest BCUT2D eigenvalue weighted by Gasteiger charge is 2.23. The predicted molar refractivity (Wildman–Crippen MR) is 143 cm³/mol. The largest absolute Gasteiger partial charge is 0.481 e. The number of thiophene rings is 1. The minimum Gasteiger partial charge on any atom is -0.481 e. The normalized spacial score (nSPS) is 12.4. The number of carbonyl (C=O) groups is 1. The number of rotatable bonds is 8. The van der Waals surface area contributed by atoms with Crippen molar-refractivity contribution < 1.29 is 9.90 Å². The van der Waals surface area contributed by atoms with Gasteiger partial charge in [0.1, 0.15) is 0 Å². The topological polar surface area (TPSA) is 64.2 Å². The quantitative estimate of drug-likeness (QED) is 0.280. The van der Waals surface area contributed by atoms with Crippen LogP contribution in [0.4, 0.5) is 0 Å². The van der Waals surface area contributed by atoms with Crippen LogP contribution in [0.25, 0.3) is 21.1 Å². The zero-order valence-electron chi connectivity index (χ0n) is 19.9. The third kappa shape index (κ3) is 4.54. The van der Waals surface area contributed by atoms with Gasteiger partial charge in [0, 0.05) is 16.1 Å². The molecular weight excluding hydrogens is 456 g/mol. The van der Waals surface area contributed by atoms with Crippen LogP contribution in [-0.2, 0) is 17.8 Å².